The van der Waals surface area contributed by atoms with Crippen molar-refractivity contribution in [1.82, 2.24) is 20.4 Å². The van der Waals surface area contributed by atoms with E-state index in [9.17, 15) is 0 Å². The minimum Gasteiger partial charge on any atom is -0.271 e. The van der Waals surface area contributed by atoms with Gasteiger partial charge in [-0.1, -0.05) is 0 Å². The van der Waals surface area contributed by atoms with Crippen molar-refractivity contribution in [2.24, 2.45) is 5.84 Å². The van der Waals surface area contributed by atoms with E-state index in [0.29, 0.717) is 0 Å². The zero-order valence-electron chi connectivity index (χ0n) is 8.96. The predicted octanol–water partition coefficient (Wildman–Crippen LogP) is 0.733. The second-order valence-corrected chi connectivity index (χ2v) is 3.53. The standard InChI is InChI=1S/C11H13N5/c1-8-2-3-15-10(4-8)11(16-12)9-5-13-7-14-6-9/h2-7,11,16H,12H2,1H3. The first-order valence-electron chi connectivity index (χ1n) is 4.95. The Kier molecular flexibility index (Phi) is 3.19. The van der Waals surface area contributed by atoms with Gasteiger partial charge in [0.25, 0.3) is 0 Å². The van der Waals surface area contributed by atoms with E-state index < -0.39 is 0 Å². The van der Waals surface area contributed by atoms with Gasteiger partial charge in [-0.25, -0.2) is 15.4 Å². The van der Waals surface area contributed by atoms with Crippen LogP contribution in [0, 0.1) is 6.92 Å². The van der Waals surface area contributed by atoms with Gasteiger partial charge >= 0.3 is 0 Å². The molecule has 16 heavy (non-hydrogen) atoms. The number of hydrogen-bond acceptors (Lipinski definition) is 5. The zero-order valence-corrected chi connectivity index (χ0v) is 8.96. The summed E-state index contributed by atoms with van der Waals surface area (Å²) in [6.45, 7) is 2.01. The van der Waals surface area contributed by atoms with Crippen molar-refractivity contribution in [3.8, 4) is 0 Å². The topological polar surface area (TPSA) is 76.7 Å². The lowest BCUT2D eigenvalue weighted by Gasteiger charge is -2.15. The predicted molar refractivity (Wildman–Crippen MR) is 60.2 cm³/mol. The van der Waals surface area contributed by atoms with Crippen molar-refractivity contribution in [3.63, 3.8) is 0 Å². The minimum atomic E-state index is -0.180. The maximum atomic E-state index is 5.54. The third kappa shape index (κ3) is 2.21. The van der Waals surface area contributed by atoms with Crippen molar-refractivity contribution in [1.29, 1.82) is 0 Å². The molecule has 0 fully saturated rings. The zero-order chi connectivity index (χ0) is 11.4. The first-order valence-corrected chi connectivity index (χ1v) is 4.95. The fraction of sp³-hybridized carbons (Fsp3) is 0.182. The van der Waals surface area contributed by atoms with Gasteiger partial charge in [-0.3, -0.25) is 10.8 Å². The summed E-state index contributed by atoms with van der Waals surface area (Å²) in [7, 11) is 0. The number of aryl methyl sites for hydroxylation is 1. The average molecular weight is 215 g/mol. The molecule has 0 spiro atoms. The molecule has 5 heteroatoms. The Morgan fingerprint density at radius 2 is 2.06 bits per heavy atom. The molecule has 0 aliphatic rings. The summed E-state index contributed by atoms with van der Waals surface area (Å²) >= 11 is 0. The molecule has 0 aromatic carbocycles. The van der Waals surface area contributed by atoms with E-state index in [-0.39, 0.29) is 6.04 Å². The lowest BCUT2D eigenvalue weighted by molar-refractivity contribution is 0.615. The molecule has 1 atom stereocenters. The fourth-order valence-electron chi connectivity index (χ4n) is 1.53. The number of nitrogens with zero attached hydrogens (tertiary/aromatic N) is 3. The van der Waals surface area contributed by atoms with Gasteiger partial charge in [0, 0.05) is 24.2 Å². The third-order valence-corrected chi connectivity index (χ3v) is 2.31. The molecular weight excluding hydrogens is 202 g/mol. The van der Waals surface area contributed by atoms with Crippen molar-refractivity contribution in [2.75, 3.05) is 0 Å². The molecular formula is C11H13N5. The van der Waals surface area contributed by atoms with E-state index in [1.165, 1.54) is 6.33 Å². The molecule has 0 saturated heterocycles. The van der Waals surface area contributed by atoms with Gasteiger partial charge in [0.2, 0.25) is 0 Å². The highest BCUT2D eigenvalue weighted by atomic mass is 15.2. The number of aromatic nitrogens is 3. The van der Waals surface area contributed by atoms with E-state index in [1.807, 2.05) is 19.1 Å². The van der Waals surface area contributed by atoms with E-state index in [1.54, 1.807) is 18.6 Å². The Morgan fingerprint density at radius 1 is 1.31 bits per heavy atom. The van der Waals surface area contributed by atoms with Crippen molar-refractivity contribution in [2.45, 2.75) is 13.0 Å². The minimum absolute atomic E-state index is 0.180. The average Bonchev–Trinajstić information content (AvgIpc) is 2.31. The number of rotatable bonds is 3. The van der Waals surface area contributed by atoms with Crippen LogP contribution in [0.4, 0.5) is 0 Å². The van der Waals surface area contributed by atoms with Crippen LogP contribution >= 0.6 is 0 Å². The number of pyridine rings is 1. The Labute approximate surface area is 93.7 Å². The number of nitrogens with one attached hydrogen (secondary N) is 1. The fourth-order valence-corrected chi connectivity index (χ4v) is 1.53. The van der Waals surface area contributed by atoms with Crippen molar-refractivity contribution in [3.05, 3.63) is 53.9 Å². The summed E-state index contributed by atoms with van der Waals surface area (Å²) < 4.78 is 0. The van der Waals surface area contributed by atoms with Crippen molar-refractivity contribution < 1.29 is 0 Å². The van der Waals surface area contributed by atoms with Crippen molar-refractivity contribution >= 4 is 0 Å². The molecule has 0 bridgehead atoms. The third-order valence-electron chi connectivity index (χ3n) is 2.31. The molecule has 2 aromatic heterocycles. The van der Waals surface area contributed by atoms with Crippen LogP contribution in [-0.4, -0.2) is 15.0 Å². The highest BCUT2D eigenvalue weighted by Gasteiger charge is 2.13. The number of nitrogens with two attached hydrogens (primary N) is 1. The molecule has 2 aromatic rings. The van der Waals surface area contributed by atoms with Crippen LogP contribution in [0.3, 0.4) is 0 Å². The van der Waals surface area contributed by atoms with E-state index in [4.69, 9.17) is 5.84 Å². The van der Waals surface area contributed by atoms with Crippen LogP contribution in [0.5, 0.6) is 0 Å². The summed E-state index contributed by atoms with van der Waals surface area (Å²) in [5.41, 5.74) is 5.61. The van der Waals surface area contributed by atoms with E-state index >= 15 is 0 Å². The van der Waals surface area contributed by atoms with Gasteiger partial charge < -0.3 is 0 Å². The Morgan fingerprint density at radius 3 is 2.69 bits per heavy atom. The maximum absolute atomic E-state index is 5.54. The second kappa shape index (κ2) is 4.78. The quantitative estimate of drug-likeness (QED) is 0.583. The van der Waals surface area contributed by atoms with Crippen LogP contribution in [-0.2, 0) is 0 Å². The molecule has 5 nitrogen and oxygen atoms in total. The SMILES string of the molecule is Cc1ccnc(C(NN)c2cncnc2)c1. The van der Waals surface area contributed by atoms with Gasteiger partial charge in [-0.15, -0.1) is 0 Å². The summed E-state index contributed by atoms with van der Waals surface area (Å²) in [6.07, 6.45) is 6.70. The lowest BCUT2D eigenvalue weighted by atomic mass is 10.1. The highest BCUT2D eigenvalue weighted by Crippen LogP contribution is 2.18. The molecule has 0 amide bonds. The van der Waals surface area contributed by atoms with E-state index in [0.717, 1.165) is 16.8 Å². The summed E-state index contributed by atoms with van der Waals surface area (Å²) in [5.74, 6) is 5.54. The smallest absolute Gasteiger partial charge is 0.115 e. The summed E-state index contributed by atoms with van der Waals surface area (Å²) in [6, 6.07) is 3.75. The van der Waals surface area contributed by atoms with Gasteiger partial charge in [-0.2, -0.15) is 0 Å². The molecule has 0 aliphatic carbocycles. The Hall–Kier alpha value is -1.85. The molecule has 2 rings (SSSR count). The van der Waals surface area contributed by atoms with Crippen LogP contribution in [0.1, 0.15) is 22.9 Å². The first kappa shape index (κ1) is 10.7. The Balaban J connectivity index is 2.37. The monoisotopic (exact) mass is 215 g/mol. The van der Waals surface area contributed by atoms with Gasteiger partial charge in [0.05, 0.1) is 11.7 Å². The normalized spacial score (nSPS) is 12.4. The van der Waals surface area contributed by atoms with Gasteiger partial charge in [-0.05, 0) is 24.6 Å². The molecule has 1 unspecified atom stereocenters. The molecule has 0 radical (unpaired) electrons. The van der Waals surface area contributed by atoms with Crippen LogP contribution in [0.2, 0.25) is 0 Å². The molecule has 3 N–H and O–H groups in total. The molecule has 82 valence electrons. The highest BCUT2D eigenvalue weighted by molar-refractivity contribution is 5.25. The van der Waals surface area contributed by atoms with Gasteiger partial charge in [0.15, 0.2) is 0 Å². The Bertz CT molecular complexity index is 457. The summed E-state index contributed by atoms with van der Waals surface area (Å²) in [4.78, 5) is 12.2. The number of hydrazine groups is 1. The molecule has 0 aliphatic heterocycles. The molecule has 2 heterocycles. The van der Waals surface area contributed by atoms with Crippen LogP contribution < -0.4 is 11.3 Å². The van der Waals surface area contributed by atoms with Crippen LogP contribution in [0.25, 0.3) is 0 Å². The van der Waals surface area contributed by atoms with E-state index in [2.05, 4.69) is 20.4 Å². The first-order chi connectivity index (χ1) is 7.81. The second-order valence-electron chi connectivity index (χ2n) is 3.53. The molecule has 0 saturated carbocycles. The van der Waals surface area contributed by atoms with Crippen LogP contribution in [0.15, 0.2) is 37.1 Å². The summed E-state index contributed by atoms with van der Waals surface area (Å²) in [5, 5.41) is 0. The maximum Gasteiger partial charge on any atom is 0.115 e. The largest absolute Gasteiger partial charge is 0.271 e. The number of hydrogen-bond donors (Lipinski definition) is 2. The van der Waals surface area contributed by atoms with Gasteiger partial charge in [0.1, 0.15) is 6.33 Å². The lowest BCUT2D eigenvalue weighted by Crippen LogP contribution is -2.29.